The molecule has 0 N–H and O–H groups in total. The molecule has 1 aliphatic heterocycles. The molecule has 0 fully saturated rings. The molecule has 0 bridgehead atoms. The van der Waals surface area contributed by atoms with Crippen LogP contribution in [0.15, 0.2) is 11.8 Å². The van der Waals surface area contributed by atoms with E-state index in [1.54, 1.807) is 20.8 Å². The third-order valence-corrected chi connectivity index (χ3v) is 4.02. The van der Waals surface area contributed by atoms with Crippen LogP contribution in [0, 0.1) is 0 Å². The summed E-state index contributed by atoms with van der Waals surface area (Å²) in [7, 11) is -5.80. The van der Waals surface area contributed by atoms with Crippen LogP contribution < -0.4 is 0 Å². The first kappa shape index (κ1) is 19.6. The number of carbonyl (C=O) groups excluding carboxylic acids is 1. The van der Waals surface area contributed by atoms with Gasteiger partial charge in [0.15, 0.2) is 0 Å². The van der Waals surface area contributed by atoms with Crippen LogP contribution in [0.4, 0.5) is 18.0 Å². The quantitative estimate of drug-likeness (QED) is 0.559. The van der Waals surface area contributed by atoms with Gasteiger partial charge in [0.05, 0.1) is 5.54 Å². The van der Waals surface area contributed by atoms with E-state index in [1.165, 1.54) is 19.9 Å². The van der Waals surface area contributed by atoms with Gasteiger partial charge in [-0.1, -0.05) is 0 Å². The average Bonchev–Trinajstić information content (AvgIpc) is 2.27. The van der Waals surface area contributed by atoms with Crippen molar-refractivity contribution >= 4 is 16.2 Å². The summed E-state index contributed by atoms with van der Waals surface area (Å²) in [6.45, 7) is 7.86. The monoisotopic (exact) mass is 359 g/mol. The number of carbonyl (C=O) groups is 1. The van der Waals surface area contributed by atoms with E-state index in [9.17, 15) is 26.4 Å². The average molecular weight is 359 g/mol. The molecule has 0 aromatic carbocycles. The number of rotatable bonds is 2. The van der Waals surface area contributed by atoms with Crippen molar-refractivity contribution in [1.82, 2.24) is 4.90 Å². The van der Waals surface area contributed by atoms with Crippen LogP contribution in [0.25, 0.3) is 0 Å². The van der Waals surface area contributed by atoms with Crippen molar-refractivity contribution in [2.75, 3.05) is 6.54 Å². The number of ether oxygens (including phenoxy) is 1. The second-order valence-corrected chi connectivity index (χ2v) is 8.07. The van der Waals surface area contributed by atoms with E-state index < -0.39 is 38.6 Å². The predicted octanol–water partition coefficient (Wildman–Crippen LogP) is 3.16. The maximum atomic E-state index is 12.5. The minimum atomic E-state index is -5.80. The molecule has 134 valence electrons. The Morgan fingerprint density at radius 1 is 1.26 bits per heavy atom. The molecule has 23 heavy (non-hydrogen) atoms. The Balaban J connectivity index is 3.06. The van der Waals surface area contributed by atoms with E-state index in [1.807, 2.05) is 0 Å². The van der Waals surface area contributed by atoms with Crippen molar-refractivity contribution in [2.24, 2.45) is 0 Å². The number of alkyl halides is 3. The van der Waals surface area contributed by atoms with Gasteiger partial charge in [0.25, 0.3) is 0 Å². The molecule has 1 amide bonds. The maximum absolute atomic E-state index is 12.5. The SMILES string of the molecule is CC(C)(C)OC(=O)N1CCC=C(OS(=O)(=O)C(F)(F)F)C1(C)C. The van der Waals surface area contributed by atoms with Gasteiger partial charge in [-0.05, 0) is 47.1 Å². The fourth-order valence-corrected chi connectivity index (χ4v) is 2.53. The molecule has 6 nitrogen and oxygen atoms in total. The zero-order chi connectivity index (χ0) is 18.3. The highest BCUT2D eigenvalue weighted by Gasteiger charge is 2.51. The molecule has 1 heterocycles. The number of nitrogens with zero attached hydrogens (tertiary/aromatic N) is 1. The van der Waals surface area contributed by atoms with Gasteiger partial charge in [-0.2, -0.15) is 21.6 Å². The van der Waals surface area contributed by atoms with Crippen molar-refractivity contribution in [3.05, 3.63) is 11.8 Å². The highest BCUT2D eigenvalue weighted by molar-refractivity contribution is 7.87. The Morgan fingerprint density at radius 2 is 1.78 bits per heavy atom. The van der Waals surface area contributed by atoms with E-state index in [2.05, 4.69) is 4.18 Å². The van der Waals surface area contributed by atoms with Crippen molar-refractivity contribution in [2.45, 2.75) is 57.7 Å². The van der Waals surface area contributed by atoms with Crippen molar-refractivity contribution in [3.63, 3.8) is 0 Å². The molecule has 0 saturated heterocycles. The van der Waals surface area contributed by atoms with Gasteiger partial charge in [-0.3, -0.25) is 4.90 Å². The molecule has 1 rings (SSSR count). The molecule has 10 heteroatoms. The Labute approximate surface area is 133 Å². The Kier molecular flexibility index (Phi) is 5.01. The lowest BCUT2D eigenvalue weighted by Crippen LogP contribution is -2.53. The summed E-state index contributed by atoms with van der Waals surface area (Å²) in [6, 6.07) is 0. The Morgan fingerprint density at radius 3 is 2.22 bits per heavy atom. The van der Waals surface area contributed by atoms with Crippen molar-refractivity contribution in [1.29, 1.82) is 0 Å². The molecule has 0 unspecified atom stereocenters. The van der Waals surface area contributed by atoms with Crippen LogP contribution in [0.1, 0.15) is 41.0 Å². The highest BCUT2D eigenvalue weighted by Crippen LogP contribution is 2.35. The lowest BCUT2D eigenvalue weighted by Gasteiger charge is -2.42. The summed E-state index contributed by atoms with van der Waals surface area (Å²) >= 11 is 0. The second-order valence-electron chi connectivity index (χ2n) is 6.53. The minimum Gasteiger partial charge on any atom is -0.444 e. The van der Waals surface area contributed by atoms with Gasteiger partial charge in [0.1, 0.15) is 11.4 Å². The second kappa shape index (κ2) is 5.88. The zero-order valence-electron chi connectivity index (χ0n) is 13.5. The molecular formula is C13H20F3NO5S. The van der Waals surface area contributed by atoms with E-state index in [4.69, 9.17) is 4.74 Å². The van der Waals surface area contributed by atoms with E-state index >= 15 is 0 Å². The summed E-state index contributed by atoms with van der Waals surface area (Å²) in [4.78, 5) is 13.3. The van der Waals surface area contributed by atoms with Gasteiger partial charge in [0.2, 0.25) is 0 Å². The number of hydrogen-bond acceptors (Lipinski definition) is 5. The van der Waals surface area contributed by atoms with Crippen LogP contribution >= 0.6 is 0 Å². The summed E-state index contributed by atoms with van der Waals surface area (Å²) in [5.41, 5.74) is -7.75. The molecular weight excluding hydrogens is 339 g/mol. The fourth-order valence-electron chi connectivity index (χ4n) is 1.92. The molecule has 1 aliphatic rings. The van der Waals surface area contributed by atoms with Gasteiger partial charge in [-0.15, -0.1) is 0 Å². The molecule has 0 aromatic heterocycles. The Bertz CT molecular complexity index is 602. The normalized spacial score (nSPS) is 19.1. The fraction of sp³-hybridized carbons (Fsp3) is 0.769. The van der Waals surface area contributed by atoms with Gasteiger partial charge in [-0.25, -0.2) is 4.79 Å². The minimum absolute atomic E-state index is 0.144. The van der Waals surface area contributed by atoms with Crippen LogP contribution in [0.2, 0.25) is 0 Å². The van der Waals surface area contributed by atoms with Crippen molar-refractivity contribution in [3.8, 4) is 0 Å². The summed E-state index contributed by atoms with van der Waals surface area (Å²) < 4.78 is 69.2. The molecule has 0 aliphatic carbocycles. The van der Waals surface area contributed by atoms with Gasteiger partial charge < -0.3 is 8.92 Å². The molecule has 0 aromatic rings. The van der Waals surface area contributed by atoms with Gasteiger partial charge >= 0.3 is 21.7 Å². The van der Waals surface area contributed by atoms with E-state index in [0.29, 0.717) is 0 Å². The predicted molar refractivity (Wildman–Crippen MR) is 75.8 cm³/mol. The molecule has 0 spiro atoms. The standard InChI is InChI=1S/C13H20F3NO5S/c1-11(2,3)21-10(18)17-8-6-7-9(12(17,4)5)22-23(19,20)13(14,15)16/h7H,6,8H2,1-5H3. The lowest BCUT2D eigenvalue weighted by molar-refractivity contribution is -0.0541. The number of halogens is 3. The van der Waals surface area contributed by atoms with Crippen LogP contribution in [0.5, 0.6) is 0 Å². The van der Waals surface area contributed by atoms with E-state index in [-0.39, 0.29) is 13.0 Å². The van der Waals surface area contributed by atoms with Gasteiger partial charge in [0, 0.05) is 6.54 Å². The summed E-state index contributed by atoms with van der Waals surface area (Å²) in [5.74, 6) is -0.466. The smallest absolute Gasteiger partial charge is 0.444 e. The van der Waals surface area contributed by atoms with Crippen LogP contribution in [-0.4, -0.2) is 42.6 Å². The first-order valence-corrected chi connectivity index (χ1v) is 8.21. The molecule has 0 radical (unpaired) electrons. The molecule has 0 saturated carbocycles. The first-order valence-electron chi connectivity index (χ1n) is 6.80. The van der Waals surface area contributed by atoms with Crippen molar-refractivity contribution < 1.29 is 35.3 Å². The van der Waals surface area contributed by atoms with E-state index in [0.717, 1.165) is 4.90 Å². The first-order chi connectivity index (χ1) is 10.1. The third-order valence-electron chi connectivity index (χ3n) is 3.06. The lowest BCUT2D eigenvalue weighted by atomic mass is 9.95. The number of hydrogen-bond donors (Lipinski definition) is 0. The third kappa shape index (κ3) is 4.52. The molecule has 0 atom stereocenters. The zero-order valence-corrected chi connectivity index (χ0v) is 14.3. The largest absolute Gasteiger partial charge is 0.534 e. The Hall–Kier alpha value is -1.45. The maximum Gasteiger partial charge on any atom is 0.534 e. The highest BCUT2D eigenvalue weighted by atomic mass is 32.2. The topological polar surface area (TPSA) is 72.9 Å². The van der Waals surface area contributed by atoms with Crippen LogP contribution in [-0.2, 0) is 19.0 Å². The summed E-state index contributed by atoms with van der Waals surface area (Å²) in [5, 5.41) is 0. The number of amides is 1. The summed E-state index contributed by atoms with van der Waals surface area (Å²) in [6.07, 6.45) is 0.608. The van der Waals surface area contributed by atoms with Crippen LogP contribution in [0.3, 0.4) is 0 Å².